The van der Waals surface area contributed by atoms with E-state index in [1.807, 2.05) is 12.1 Å². The lowest BCUT2D eigenvalue weighted by molar-refractivity contribution is -0.387. The van der Waals surface area contributed by atoms with E-state index in [1.54, 1.807) is 12.4 Å². The smallest absolute Gasteiger partial charge is 0.304 e. The van der Waals surface area contributed by atoms with Gasteiger partial charge in [0.2, 0.25) is 5.82 Å². The van der Waals surface area contributed by atoms with E-state index in [-0.39, 0.29) is 6.61 Å². The minimum Gasteiger partial charge on any atom is -0.377 e. The molecule has 21 heavy (non-hydrogen) atoms. The molecule has 0 bridgehead atoms. The van der Waals surface area contributed by atoms with Crippen LogP contribution in [-0.2, 0) is 17.8 Å². The molecule has 6 heteroatoms. The van der Waals surface area contributed by atoms with Crippen LogP contribution in [0.2, 0.25) is 0 Å². The summed E-state index contributed by atoms with van der Waals surface area (Å²) in [5.74, 6) is -0.835. The molecule has 0 unspecified atom stereocenters. The highest BCUT2D eigenvalue weighted by Gasteiger charge is 2.13. The molecule has 110 valence electrons. The van der Waals surface area contributed by atoms with Crippen molar-refractivity contribution in [1.29, 1.82) is 0 Å². The predicted molar refractivity (Wildman–Crippen MR) is 75.3 cm³/mol. The molecular formula is C15H15FN2O3. The SMILES string of the molecule is O=[N+]([O-])c1ccc(COCCCc2ccncc2)cc1F. The van der Waals surface area contributed by atoms with Crippen molar-refractivity contribution < 1.29 is 14.1 Å². The first kappa shape index (κ1) is 15.1. The lowest BCUT2D eigenvalue weighted by Crippen LogP contribution is -1.99. The lowest BCUT2D eigenvalue weighted by atomic mass is 10.1. The standard InChI is InChI=1S/C15H15FN2O3/c16-14-10-13(3-4-15(14)18(19)20)11-21-9-1-2-12-5-7-17-8-6-12/h3-8,10H,1-2,9,11H2. The third-order valence-corrected chi connectivity index (χ3v) is 2.98. The van der Waals surface area contributed by atoms with Crippen molar-refractivity contribution in [3.05, 3.63) is 69.8 Å². The number of nitro groups is 1. The van der Waals surface area contributed by atoms with Crippen LogP contribution in [0.25, 0.3) is 0 Å². The van der Waals surface area contributed by atoms with E-state index in [1.165, 1.54) is 11.6 Å². The van der Waals surface area contributed by atoms with Crippen LogP contribution in [0.15, 0.2) is 42.7 Å². The summed E-state index contributed by atoms with van der Waals surface area (Å²) in [6.07, 6.45) is 5.22. The summed E-state index contributed by atoms with van der Waals surface area (Å²) in [5, 5.41) is 10.5. The number of rotatable bonds is 7. The van der Waals surface area contributed by atoms with E-state index in [0.717, 1.165) is 25.0 Å². The number of aryl methyl sites for hydroxylation is 1. The molecule has 1 heterocycles. The quantitative estimate of drug-likeness (QED) is 0.446. The number of nitrogens with zero attached hydrogens (tertiary/aromatic N) is 2. The van der Waals surface area contributed by atoms with Crippen LogP contribution >= 0.6 is 0 Å². The molecule has 0 N–H and O–H groups in total. The Hall–Kier alpha value is -2.34. The highest BCUT2D eigenvalue weighted by atomic mass is 19.1. The Kier molecular flexibility index (Phi) is 5.34. The molecule has 0 aliphatic carbocycles. The second-order valence-electron chi connectivity index (χ2n) is 4.55. The molecule has 0 atom stereocenters. The molecule has 2 rings (SSSR count). The van der Waals surface area contributed by atoms with E-state index in [9.17, 15) is 14.5 Å². The van der Waals surface area contributed by atoms with Gasteiger partial charge >= 0.3 is 5.69 Å². The predicted octanol–water partition coefficient (Wildman–Crippen LogP) is 3.28. The van der Waals surface area contributed by atoms with Gasteiger partial charge in [-0.25, -0.2) is 0 Å². The Labute approximate surface area is 121 Å². The van der Waals surface area contributed by atoms with Gasteiger partial charge in [0.1, 0.15) is 0 Å². The second kappa shape index (κ2) is 7.44. The Morgan fingerprint density at radius 1 is 1.19 bits per heavy atom. The number of hydrogen-bond acceptors (Lipinski definition) is 4. The first-order valence-electron chi connectivity index (χ1n) is 6.56. The molecule has 0 amide bonds. The largest absolute Gasteiger partial charge is 0.377 e. The van der Waals surface area contributed by atoms with E-state index in [4.69, 9.17) is 4.74 Å². The molecule has 0 aliphatic heterocycles. The van der Waals surface area contributed by atoms with Crippen molar-refractivity contribution in [2.24, 2.45) is 0 Å². The fourth-order valence-electron chi connectivity index (χ4n) is 1.91. The summed E-state index contributed by atoms with van der Waals surface area (Å²) in [5.41, 5.74) is 1.26. The van der Waals surface area contributed by atoms with Gasteiger partial charge in [0.25, 0.3) is 0 Å². The first-order valence-corrected chi connectivity index (χ1v) is 6.56. The summed E-state index contributed by atoms with van der Waals surface area (Å²) in [6.45, 7) is 0.784. The number of halogens is 1. The van der Waals surface area contributed by atoms with Crippen LogP contribution in [0.4, 0.5) is 10.1 Å². The summed E-state index contributed by atoms with van der Waals surface area (Å²) in [7, 11) is 0. The third kappa shape index (κ3) is 4.61. The molecular weight excluding hydrogens is 275 g/mol. The average molecular weight is 290 g/mol. The summed E-state index contributed by atoms with van der Waals surface area (Å²) < 4.78 is 18.8. The van der Waals surface area contributed by atoms with Crippen molar-refractivity contribution in [1.82, 2.24) is 4.98 Å². The molecule has 0 saturated carbocycles. The zero-order chi connectivity index (χ0) is 15.1. The molecule has 1 aromatic carbocycles. The Bertz CT molecular complexity index is 605. The van der Waals surface area contributed by atoms with Gasteiger partial charge in [-0.05, 0) is 48.2 Å². The zero-order valence-electron chi connectivity index (χ0n) is 11.4. The fourth-order valence-corrected chi connectivity index (χ4v) is 1.91. The van der Waals surface area contributed by atoms with Gasteiger partial charge < -0.3 is 4.74 Å². The number of hydrogen-bond donors (Lipinski definition) is 0. The lowest BCUT2D eigenvalue weighted by Gasteiger charge is -2.05. The molecule has 0 fully saturated rings. The minimum atomic E-state index is -0.835. The first-order chi connectivity index (χ1) is 10.2. The van der Waals surface area contributed by atoms with Gasteiger partial charge in [0.15, 0.2) is 0 Å². The normalized spacial score (nSPS) is 10.5. The fraction of sp³-hybridized carbons (Fsp3) is 0.267. The number of pyridine rings is 1. The Morgan fingerprint density at radius 2 is 1.95 bits per heavy atom. The maximum absolute atomic E-state index is 13.4. The van der Waals surface area contributed by atoms with Crippen LogP contribution in [0.5, 0.6) is 0 Å². The van der Waals surface area contributed by atoms with Crippen LogP contribution in [-0.4, -0.2) is 16.5 Å². The molecule has 5 nitrogen and oxygen atoms in total. The van der Waals surface area contributed by atoms with Crippen LogP contribution < -0.4 is 0 Å². The number of benzene rings is 1. The van der Waals surface area contributed by atoms with Crippen molar-refractivity contribution in [2.45, 2.75) is 19.4 Å². The molecule has 0 spiro atoms. The van der Waals surface area contributed by atoms with E-state index in [2.05, 4.69) is 4.98 Å². The van der Waals surface area contributed by atoms with Crippen LogP contribution in [0.3, 0.4) is 0 Å². The van der Waals surface area contributed by atoms with Crippen molar-refractivity contribution >= 4 is 5.69 Å². The zero-order valence-corrected chi connectivity index (χ0v) is 11.4. The second-order valence-corrected chi connectivity index (χ2v) is 4.55. The highest BCUT2D eigenvalue weighted by molar-refractivity contribution is 5.34. The Balaban J connectivity index is 1.74. The minimum absolute atomic E-state index is 0.241. The van der Waals surface area contributed by atoms with Gasteiger partial charge in [-0.2, -0.15) is 4.39 Å². The monoisotopic (exact) mass is 290 g/mol. The van der Waals surface area contributed by atoms with Crippen molar-refractivity contribution in [3.63, 3.8) is 0 Å². The molecule has 0 saturated heterocycles. The maximum atomic E-state index is 13.4. The van der Waals surface area contributed by atoms with E-state index < -0.39 is 16.4 Å². The molecule has 0 aliphatic rings. The molecule has 1 aromatic heterocycles. The number of nitro benzene ring substituents is 1. The number of ether oxygens (including phenoxy) is 1. The molecule has 0 radical (unpaired) electrons. The van der Waals surface area contributed by atoms with Crippen molar-refractivity contribution in [3.8, 4) is 0 Å². The molecule has 2 aromatic rings. The average Bonchev–Trinajstić information content (AvgIpc) is 2.47. The summed E-state index contributed by atoms with van der Waals surface area (Å²) >= 11 is 0. The third-order valence-electron chi connectivity index (χ3n) is 2.98. The summed E-state index contributed by atoms with van der Waals surface area (Å²) in [4.78, 5) is 13.7. The maximum Gasteiger partial charge on any atom is 0.304 e. The Morgan fingerprint density at radius 3 is 2.62 bits per heavy atom. The number of aromatic nitrogens is 1. The van der Waals surface area contributed by atoms with Gasteiger partial charge in [0.05, 0.1) is 11.5 Å². The summed E-state index contributed by atoms with van der Waals surface area (Å²) in [6, 6.07) is 7.70. The van der Waals surface area contributed by atoms with Gasteiger partial charge in [-0.3, -0.25) is 15.1 Å². The van der Waals surface area contributed by atoms with Crippen LogP contribution in [0.1, 0.15) is 17.5 Å². The highest BCUT2D eigenvalue weighted by Crippen LogP contribution is 2.18. The van der Waals surface area contributed by atoms with Gasteiger partial charge in [-0.1, -0.05) is 0 Å². The van der Waals surface area contributed by atoms with E-state index in [0.29, 0.717) is 12.2 Å². The van der Waals surface area contributed by atoms with Gasteiger partial charge in [0, 0.05) is 25.1 Å². The van der Waals surface area contributed by atoms with Gasteiger partial charge in [-0.15, -0.1) is 0 Å². The van der Waals surface area contributed by atoms with Crippen molar-refractivity contribution in [2.75, 3.05) is 6.61 Å². The van der Waals surface area contributed by atoms with E-state index >= 15 is 0 Å². The van der Waals surface area contributed by atoms with Crippen LogP contribution in [0, 0.1) is 15.9 Å². The topological polar surface area (TPSA) is 65.3 Å².